The summed E-state index contributed by atoms with van der Waals surface area (Å²) in [5.74, 6) is -1.40. The first-order valence-corrected chi connectivity index (χ1v) is 9.71. The van der Waals surface area contributed by atoms with Gasteiger partial charge in [-0.1, -0.05) is 24.3 Å². The van der Waals surface area contributed by atoms with E-state index in [1.807, 2.05) is 6.07 Å². The Hall–Kier alpha value is -4.64. The van der Waals surface area contributed by atoms with Gasteiger partial charge in [-0.3, -0.25) is 4.79 Å². The summed E-state index contributed by atoms with van der Waals surface area (Å²) < 4.78 is 24.4. The molecule has 8 heteroatoms. The van der Waals surface area contributed by atoms with E-state index in [0.29, 0.717) is 22.6 Å². The molecule has 0 fully saturated rings. The van der Waals surface area contributed by atoms with Crippen LogP contribution in [0.25, 0.3) is 6.08 Å². The molecule has 0 aliphatic heterocycles. The molecule has 2 N–H and O–H groups in total. The maximum absolute atomic E-state index is 13.3. The Bertz CT molecular complexity index is 1260. The first kappa shape index (κ1) is 23.0. The lowest BCUT2D eigenvalue weighted by Crippen LogP contribution is -2.14. The molecule has 0 saturated heterocycles. The SMILES string of the molecule is COc1cc(/C=C(/C#N)C(=O)Nc2cccc(C(=O)O)c2)ccc1OCc1cccc(F)c1. The van der Waals surface area contributed by atoms with Crippen molar-refractivity contribution in [1.82, 2.24) is 0 Å². The lowest BCUT2D eigenvalue weighted by molar-refractivity contribution is -0.112. The van der Waals surface area contributed by atoms with Gasteiger partial charge in [-0.25, -0.2) is 9.18 Å². The first-order valence-electron chi connectivity index (χ1n) is 9.71. The van der Waals surface area contributed by atoms with Crippen molar-refractivity contribution in [3.8, 4) is 17.6 Å². The molecule has 0 aliphatic rings. The maximum Gasteiger partial charge on any atom is 0.335 e. The number of anilines is 1. The van der Waals surface area contributed by atoms with Crippen molar-refractivity contribution in [2.75, 3.05) is 12.4 Å². The van der Waals surface area contributed by atoms with Crippen molar-refractivity contribution in [1.29, 1.82) is 5.26 Å². The van der Waals surface area contributed by atoms with Crippen LogP contribution in [0, 0.1) is 17.1 Å². The van der Waals surface area contributed by atoms with E-state index in [-0.39, 0.29) is 29.2 Å². The van der Waals surface area contributed by atoms with Crippen LogP contribution in [0.15, 0.2) is 72.3 Å². The zero-order valence-electron chi connectivity index (χ0n) is 17.5. The minimum atomic E-state index is -1.13. The number of benzene rings is 3. The molecular formula is C25H19FN2O5. The topological polar surface area (TPSA) is 109 Å². The Morgan fingerprint density at radius 2 is 1.88 bits per heavy atom. The number of carboxylic acids is 1. The highest BCUT2D eigenvalue weighted by atomic mass is 19.1. The molecule has 33 heavy (non-hydrogen) atoms. The van der Waals surface area contributed by atoms with E-state index in [4.69, 9.17) is 14.6 Å². The van der Waals surface area contributed by atoms with E-state index in [0.717, 1.165) is 0 Å². The van der Waals surface area contributed by atoms with Crippen LogP contribution >= 0.6 is 0 Å². The number of nitrogens with zero attached hydrogens (tertiary/aromatic N) is 1. The fourth-order valence-corrected chi connectivity index (χ4v) is 2.92. The largest absolute Gasteiger partial charge is 0.493 e. The lowest BCUT2D eigenvalue weighted by atomic mass is 10.1. The Morgan fingerprint density at radius 3 is 2.58 bits per heavy atom. The van der Waals surface area contributed by atoms with Gasteiger partial charge in [-0.2, -0.15) is 5.26 Å². The number of hydrogen-bond acceptors (Lipinski definition) is 5. The van der Waals surface area contributed by atoms with Crippen molar-refractivity contribution in [3.05, 3.63) is 94.8 Å². The van der Waals surface area contributed by atoms with Crippen LogP contribution < -0.4 is 14.8 Å². The minimum absolute atomic E-state index is 0.00820. The van der Waals surface area contributed by atoms with Crippen molar-refractivity contribution in [2.24, 2.45) is 0 Å². The van der Waals surface area contributed by atoms with E-state index < -0.39 is 11.9 Å². The summed E-state index contributed by atoms with van der Waals surface area (Å²) in [6, 6.07) is 18.4. The Kier molecular flexibility index (Phi) is 7.39. The molecule has 7 nitrogen and oxygen atoms in total. The Balaban J connectivity index is 1.76. The number of nitriles is 1. The molecule has 0 heterocycles. The lowest BCUT2D eigenvalue weighted by Gasteiger charge is -2.12. The first-order chi connectivity index (χ1) is 15.9. The second-order valence-electron chi connectivity index (χ2n) is 6.84. The third-order valence-electron chi connectivity index (χ3n) is 4.51. The predicted molar refractivity (Wildman–Crippen MR) is 119 cm³/mol. The summed E-state index contributed by atoms with van der Waals surface area (Å²) in [6.45, 7) is 0.130. The smallest absolute Gasteiger partial charge is 0.335 e. The van der Waals surface area contributed by atoms with Gasteiger partial charge in [0.25, 0.3) is 5.91 Å². The number of rotatable bonds is 8. The van der Waals surface area contributed by atoms with E-state index in [9.17, 15) is 19.2 Å². The summed E-state index contributed by atoms with van der Waals surface area (Å²) in [7, 11) is 1.45. The molecule has 166 valence electrons. The number of carbonyl (C=O) groups is 2. The number of methoxy groups -OCH3 is 1. The van der Waals surface area contributed by atoms with Gasteiger partial charge in [0.05, 0.1) is 12.7 Å². The molecule has 3 aromatic carbocycles. The number of aromatic carboxylic acids is 1. The van der Waals surface area contributed by atoms with Crippen LogP contribution in [0.1, 0.15) is 21.5 Å². The summed E-state index contributed by atoms with van der Waals surface area (Å²) in [5.41, 5.74) is 1.23. The highest BCUT2D eigenvalue weighted by Crippen LogP contribution is 2.30. The number of ether oxygens (including phenoxy) is 2. The standard InChI is InChI=1S/C25H19FN2O5/c1-32-23-12-16(8-9-22(23)33-15-17-4-2-6-20(26)11-17)10-19(14-27)24(29)28-21-7-3-5-18(13-21)25(30)31/h2-13H,15H2,1H3,(H,28,29)(H,30,31)/b19-10-. The van der Waals surface area contributed by atoms with Gasteiger partial charge in [0.2, 0.25) is 0 Å². The molecule has 0 bridgehead atoms. The highest BCUT2D eigenvalue weighted by molar-refractivity contribution is 6.10. The third-order valence-corrected chi connectivity index (χ3v) is 4.51. The number of halogens is 1. The monoisotopic (exact) mass is 446 g/mol. The number of carboxylic acid groups (broad SMARTS) is 1. The van der Waals surface area contributed by atoms with E-state index >= 15 is 0 Å². The van der Waals surface area contributed by atoms with Crippen LogP contribution in [0.5, 0.6) is 11.5 Å². The Morgan fingerprint density at radius 1 is 1.09 bits per heavy atom. The molecule has 3 rings (SSSR count). The molecule has 0 spiro atoms. The summed E-state index contributed by atoms with van der Waals surface area (Å²) in [4.78, 5) is 23.6. The zero-order valence-corrected chi connectivity index (χ0v) is 17.5. The predicted octanol–water partition coefficient (Wildman–Crippen LogP) is 4.66. The second-order valence-corrected chi connectivity index (χ2v) is 6.84. The molecule has 0 saturated carbocycles. The quantitative estimate of drug-likeness (QED) is 0.385. The van der Waals surface area contributed by atoms with Crippen LogP contribution in [-0.2, 0) is 11.4 Å². The van der Waals surface area contributed by atoms with Gasteiger partial charge in [-0.05, 0) is 59.7 Å². The van der Waals surface area contributed by atoms with Gasteiger partial charge in [0.15, 0.2) is 11.5 Å². The average molecular weight is 446 g/mol. The molecule has 3 aromatic rings. The molecule has 0 atom stereocenters. The highest BCUT2D eigenvalue weighted by Gasteiger charge is 2.13. The van der Waals surface area contributed by atoms with Crippen LogP contribution in [0.3, 0.4) is 0 Å². The number of carbonyl (C=O) groups excluding carboxylic acids is 1. The summed E-state index contributed by atoms with van der Waals surface area (Å²) in [6.07, 6.45) is 1.37. The summed E-state index contributed by atoms with van der Waals surface area (Å²) >= 11 is 0. The molecule has 0 aliphatic carbocycles. The van der Waals surface area contributed by atoms with Crippen molar-refractivity contribution in [3.63, 3.8) is 0 Å². The van der Waals surface area contributed by atoms with Crippen molar-refractivity contribution in [2.45, 2.75) is 6.61 Å². The van der Waals surface area contributed by atoms with Crippen molar-refractivity contribution >= 4 is 23.6 Å². The van der Waals surface area contributed by atoms with Gasteiger partial charge in [0.1, 0.15) is 24.1 Å². The summed E-state index contributed by atoms with van der Waals surface area (Å²) in [5, 5.41) is 21.0. The minimum Gasteiger partial charge on any atom is -0.493 e. The van der Waals surface area contributed by atoms with Crippen LogP contribution in [-0.4, -0.2) is 24.1 Å². The number of amides is 1. The van der Waals surface area contributed by atoms with E-state index in [1.54, 1.807) is 30.3 Å². The van der Waals surface area contributed by atoms with Crippen LogP contribution in [0.4, 0.5) is 10.1 Å². The normalized spacial score (nSPS) is 10.8. The van der Waals surface area contributed by atoms with Crippen LogP contribution in [0.2, 0.25) is 0 Å². The molecule has 0 aromatic heterocycles. The van der Waals surface area contributed by atoms with Gasteiger partial charge < -0.3 is 19.9 Å². The van der Waals surface area contributed by atoms with Gasteiger partial charge in [-0.15, -0.1) is 0 Å². The van der Waals surface area contributed by atoms with Gasteiger partial charge in [0, 0.05) is 5.69 Å². The second kappa shape index (κ2) is 10.6. The maximum atomic E-state index is 13.3. The van der Waals surface area contributed by atoms with E-state index in [2.05, 4.69) is 5.32 Å². The van der Waals surface area contributed by atoms with E-state index in [1.165, 1.54) is 49.6 Å². The van der Waals surface area contributed by atoms with Crippen molar-refractivity contribution < 1.29 is 28.6 Å². The fraction of sp³-hybridized carbons (Fsp3) is 0.0800. The third kappa shape index (κ3) is 6.18. The molecule has 0 unspecified atom stereocenters. The molecule has 0 radical (unpaired) electrons. The number of hydrogen-bond donors (Lipinski definition) is 2. The molecular weight excluding hydrogens is 427 g/mol. The van der Waals surface area contributed by atoms with Gasteiger partial charge >= 0.3 is 5.97 Å². The zero-order chi connectivity index (χ0) is 23.8. The Labute approximate surface area is 189 Å². The fourth-order valence-electron chi connectivity index (χ4n) is 2.92. The molecule has 1 amide bonds. The average Bonchev–Trinajstić information content (AvgIpc) is 2.81. The number of nitrogens with one attached hydrogen (secondary N) is 1.